The molecule has 156 valence electrons. The highest BCUT2D eigenvalue weighted by atomic mass is 32.1. The van der Waals surface area contributed by atoms with Crippen molar-refractivity contribution in [3.8, 4) is 0 Å². The van der Waals surface area contributed by atoms with Crippen molar-refractivity contribution in [3.63, 3.8) is 0 Å². The number of hydrogen-bond acceptors (Lipinski definition) is 6. The Morgan fingerprint density at radius 1 is 1.18 bits per heavy atom. The van der Waals surface area contributed by atoms with Gasteiger partial charge in [-0.05, 0) is 40.2 Å². The van der Waals surface area contributed by atoms with Gasteiger partial charge in [0.25, 0.3) is 5.91 Å². The second-order valence-electron chi connectivity index (χ2n) is 8.68. The highest BCUT2D eigenvalue weighted by Crippen LogP contribution is 2.42. The molecule has 0 saturated heterocycles. The molecule has 1 aromatic heterocycles. The average Bonchev–Trinajstić information content (AvgIpc) is 2.89. The number of esters is 2. The van der Waals surface area contributed by atoms with Crippen LogP contribution in [0.3, 0.4) is 0 Å². The predicted octanol–water partition coefficient (Wildman–Crippen LogP) is 2.20. The lowest BCUT2D eigenvalue weighted by molar-refractivity contribution is -0.789. The lowest BCUT2D eigenvalue weighted by atomic mass is 9.81. The van der Waals surface area contributed by atoms with E-state index < -0.39 is 17.8 Å². The zero-order chi connectivity index (χ0) is 21.3. The fourth-order valence-corrected chi connectivity index (χ4v) is 4.97. The molecule has 0 saturated carbocycles. The standard InChI is InChI=1S/C20H30N2O5S/c1-8-26-18(25)14-12-9-19(4,5)22-20(6,7)15(12)28-16(14)21-13(23)10-27-17(24)11(2)3/h11,22H,8-10H2,1-7H3,(H,21,23)/p+1. The van der Waals surface area contributed by atoms with Crippen LogP contribution in [0, 0.1) is 5.92 Å². The second-order valence-corrected chi connectivity index (χ2v) is 9.70. The van der Waals surface area contributed by atoms with Gasteiger partial charge < -0.3 is 20.1 Å². The zero-order valence-corrected chi connectivity index (χ0v) is 18.5. The van der Waals surface area contributed by atoms with E-state index in [9.17, 15) is 14.4 Å². The number of rotatable bonds is 6. The largest absolute Gasteiger partial charge is 0.462 e. The number of ether oxygens (including phenoxy) is 2. The first-order valence-electron chi connectivity index (χ1n) is 9.54. The van der Waals surface area contributed by atoms with Crippen molar-refractivity contribution < 1.29 is 29.2 Å². The maximum Gasteiger partial charge on any atom is 0.341 e. The van der Waals surface area contributed by atoms with E-state index in [0.717, 1.165) is 10.4 Å². The summed E-state index contributed by atoms with van der Waals surface area (Å²) in [6, 6.07) is 0. The van der Waals surface area contributed by atoms with Crippen LogP contribution in [-0.4, -0.2) is 36.6 Å². The van der Waals surface area contributed by atoms with Gasteiger partial charge in [-0.3, -0.25) is 9.59 Å². The van der Waals surface area contributed by atoms with Gasteiger partial charge in [0.1, 0.15) is 10.5 Å². The van der Waals surface area contributed by atoms with Gasteiger partial charge in [-0.25, -0.2) is 4.79 Å². The first-order valence-corrected chi connectivity index (χ1v) is 10.4. The first kappa shape index (κ1) is 22.4. The van der Waals surface area contributed by atoms with Crippen LogP contribution >= 0.6 is 11.3 Å². The number of nitrogens with two attached hydrogens (primary N) is 1. The molecule has 1 amide bonds. The lowest BCUT2D eigenvalue weighted by Gasteiger charge is -2.38. The van der Waals surface area contributed by atoms with Gasteiger partial charge in [-0.15, -0.1) is 11.3 Å². The fourth-order valence-electron chi connectivity index (χ4n) is 3.68. The Hall–Kier alpha value is -1.93. The SMILES string of the molecule is CCOC(=O)c1c(NC(=O)COC(=O)C(C)C)sc2c1CC(C)(C)[NH2+]C2(C)C. The van der Waals surface area contributed by atoms with Crippen molar-refractivity contribution in [1.82, 2.24) is 0 Å². The summed E-state index contributed by atoms with van der Waals surface area (Å²) in [5.74, 6) is -1.67. The molecule has 1 aromatic rings. The highest BCUT2D eigenvalue weighted by molar-refractivity contribution is 7.17. The van der Waals surface area contributed by atoms with Crippen LogP contribution in [0.25, 0.3) is 0 Å². The molecule has 0 radical (unpaired) electrons. The minimum Gasteiger partial charge on any atom is -0.462 e. The van der Waals surface area contributed by atoms with Crippen LogP contribution in [0.4, 0.5) is 5.00 Å². The van der Waals surface area contributed by atoms with Crippen molar-refractivity contribution in [2.45, 2.75) is 66.0 Å². The van der Waals surface area contributed by atoms with Crippen LogP contribution in [0.2, 0.25) is 0 Å². The molecule has 0 unspecified atom stereocenters. The number of carbonyl (C=O) groups is 3. The summed E-state index contributed by atoms with van der Waals surface area (Å²) in [6.07, 6.45) is 0.689. The molecular weight excluding hydrogens is 380 g/mol. The average molecular weight is 412 g/mol. The molecule has 0 bridgehead atoms. The summed E-state index contributed by atoms with van der Waals surface area (Å²) in [4.78, 5) is 37.7. The quantitative estimate of drug-likeness (QED) is 0.699. The molecule has 7 nitrogen and oxygen atoms in total. The summed E-state index contributed by atoms with van der Waals surface area (Å²) in [5, 5.41) is 5.49. The van der Waals surface area contributed by atoms with Gasteiger partial charge in [0.15, 0.2) is 6.61 Å². The summed E-state index contributed by atoms with van der Waals surface area (Å²) in [6.45, 7) is 13.5. The molecular formula is C20H31N2O5S+. The number of nitrogens with one attached hydrogen (secondary N) is 1. The van der Waals surface area contributed by atoms with E-state index >= 15 is 0 Å². The van der Waals surface area contributed by atoms with E-state index in [0.29, 0.717) is 17.0 Å². The van der Waals surface area contributed by atoms with E-state index in [1.807, 2.05) is 0 Å². The Morgan fingerprint density at radius 3 is 2.39 bits per heavy atom. The molecule has 0 aromatic carbocycles. The van der Waals surface area contributed by atoms with Crippen LogP contribution in [-0.2, 0) is 31.0 Å². The Balaban J connectivity index is 2.36. The summed E-state index contributed by atoms with van der Waals surface area (Å²) in [5.41, 5.74) is 1.01. The molecule has 0 spiro atoms. The molecule has 0 aliphatic carbocycles. The Labute approximate surface area is 170 Å². The van der Waals surface area contributed by atoms with Crippen molar-refractivity contribution in [3.05, 3.63) is 16.0 Å². The van der Waals surface area contributed by atoms with E-state index in [-0.39, 0.29) is 30.2 Å². The first-order chi connectivity index (χ1) is 12.9. The third-order valence-electron chi connectivity index (χ3n) is 4.53. The minimum absolute atomic E-state index is 0.0904. The summed E-state index contributed by atoms with van der Waals surface area (Å²) in [7, 11) is 0. The van der Waals surface area contributed by atoms with Crippen molar-refractivity contribution in [2.24, 2.45) is 5.92 Å². The monoisotopic (exact) mass is 411 g/mol. The van der Waals surface area contributed by atoms with Crippen molar-refractivity contribution in [2.75, 3.05) is 18.5 Å². The molecule has 2 rings (SSSR count). The molecule has 8 heteroatoms. The maximum atomic E-state index is 12.7. The molecule has 0 fully saturated rings. The fraction of sp³-hybridized carbons (Fsp3) is 0.650. The third kappa shape index (κ3) is 4.91. The molecule has 2 heterocycles. The highest BCUT2D eigenvalue weighted by Gasteiger charge is 2.45. The lowest BCUT2D eigenvalue weighted by Crippen LogP contribution is -3.03. The summed E-state index contributed by atoms with van der Waals surface area (Å²) < 4.78 is 10.3. The normalized spacial score (nSPS) is 17.0. The van der Waals surface area contributed by atoms with Gasteiger partial charge in [0.05, 0.1) is 28.5 Å². The van der Waals surface area contributed by atoms with E-state index in [4.69, 9.17) is 9.47 Å². The van der Waals surface area contributed by atoms with Crippen molar-refractivity contribution in [1.29, 1.82) is 0 Å². The Kier molecular flexibility index (Phi) is 6.55. The van der Waals surface area contributed by atoms with Gasteiger partial charge in [0.2, 0.25) is 0 Å². The molecule has 28 heavy (non-hydrogen) atoms. The number of anilines is 1. The summed E-state index contributed by atoms with van der Waals surface area (Å²) >= 11 is 1.39. The number of quaternary nitrogens is 1. The van der Waals surface area contributed by atoms with Gasteiger partial charge in [0, 0.05) is 6.42 Å². The van der Waals surface area contributed by atoms with Gasteiger partial charge in [-0.1, -0.05) is 13.8 Å². The number of thiophene rings is 1. The minimum atomic E-state index is -0.473. The smallest absolute Gasteiger partial charge is 0.341 e. The Bertz CT molecular complexity index is 780. The number of fused-ring (bicyclic) bond motifs is 1. The molecule has 0 atom stereocenters. The number of hydrogen-bond donors (Lipinski definition) is 2. The molecule has 3 N–H and O–H groups in total. The third-order valence-corrected chi connectivity index (χ3v) is 6.01. The molecule has 1 aliphatic rings. The van der Waals surface area contributed by atoms with E-state index in [2.05, 4.69) is 38.3 Å². The van der Waals surface area contributed by atoms with Crippen LogP contribution < -0.4 is 10.6 Å². The molecule has 1 aliphatic heterocycles. The zero-order valence-electron chi connectivity index (χ0n) is 17.7. The van der Waals surface area contributed by atoms with Crippen LogP contribution in [0.5, 0.6) is 0 Å². The van der Waals surface area contributed by atoms with Gasteiger partial charge >= 0.3 is 11.9 Å². The maximum absolute atomic E-state index is 12.7. The van der Waals surface area contributed by atoms with E-state index in [1.165, 1.54) is 11.3 Å². The number of carbonyl (C=O) groups excluding carboxylic acids is 3. The predicted molar refractivity (Wildman–Crippen MR) is 107 cm³/mol. The number of amides is 1. The van der Waals surface area contributed by atoms with Crippen molar-refractivity contribution >= 4 is 34.2 Å². The second kappa shape index (κ2) is 8.21. The van der Waals surface area contributed by atoms with Gasteiger partial charge in [-0.2, -0.15) is 0 Å². The van der Waals surface area contributed by atoms with Crippen LogP contribution in [0.1, 0.15) is 69.3 Å². The topological polar surface area (TPSA) is 98.3 Å². The van der Waals surface area contributed by atoms with E-state index in [1.54, 1.807) is 20.8 Å². The Morgan fingerprint density at radius 2 is 1.82 bits per heavy atom. The van der Waals surface area contributed by atoms with Crippen LogP contribution in [0.15, 0.2) is 0 Å².